The number of methoxy groups -OCH3 is 1. The highest BCUT2D eigenvalue weighted by molar-refractivity contribution is 5.77. The molecule has 0 heterocycles. The first kappa shape index (κ1) is 13.9. The van der Waals surface area contributed by atoms with E-state index in [4.69, 9.17) is 21.6 Å². The van der Waals surface area contributed by atoms with Gasteiger partial charge in [-0.25, -0.2) is 0 Å². The largest absolute Gasteiger partial charge is 0.493 e. The Labute approximate surface area is 106 Å². The van der Waals surface area contributed by atoms with Crippen molar-refractivity contribution in [3.63, 3.8) is 0 Å². The van der Waals surface area contributed by atoms with Crippen molar-refractivity contribution in [3.8, 4) is 23.8 Å². The molecule has 18 heavy (non-hydrogen) atoms. The quantitative estimate of drug-likeness (QED) is 0.709. The number of ether oxygens (including phenoxy) is 2. The number of para-hydroxylation sites is 1. The Kier molecular flexibility index (Phi) is 5.55. The molecule has 96 valence electrons. The number of carbonyl (C=O) groups is 1. The normalized spacial score (nSPS) is 9.39. The smallest absolute Gasteiger partial charge is 0.258 e. The van der Waals surface area contributed by atoms with Gasteiger partial charge in [-0.2, -0.15) is 0 Å². The van der Waals surface area contributed by atoms with E-state index in [0.29, 0.717) is 18.0 Å². The summed E-state index contributed by atoms with van der Waals surface area (Å²) in [7, 11) is 1.53. The highest BCUT2D eigenvalue weighted by Crippen LogP contribution is 2.30. The summed E-state index contributed by atoms with van der Waals surface area (Å²) in [5.74, 6) is 3.05. The number of amides is 1. The Balaban J connectivity index is 2.71. The summed E-state index contributed by atoms with van der Waals surface area (Å²) in [5.41, 5.74) is 6.38. The average molecular weight is 248 g/mol. The van der Waals surface area contributed by atoms with Crippen LogP contribution in [0.5, 0.6) is 11.5 Å². The minimum atomic E-state index is -0.290. The van der Waals surface area contributed by atoms with Crippen LogP contribution in [0.2, 0.25) is 0 Å². The summed E-state index contributed by atoms with van der Waals surface area (Å²) >= 11 is 0. The molecule has 1 amide bonds. The fourth-order valence-electron chi connectivity index (χ4n) is 1.38. The maximum atomic E-state index is 11.4. The number of nitrogens with one attached hydrogen (secondary N) is 1. The van der Waals surface area contributed by atoms with Crippen molar-refractivity contribution < 1.29 is 14.3 Å². The lowest BCUT2D eigenvalue weighted by molar-refractivity contribution is -0.122. The monoisotopic (exact) mass is 248 g/mol. The molecule has 0 saturated carbocycles. The van der Waals surface area contributed by atoms with Gasteiger partial charge in [0, 0.05) is 12.1 Å². The van der Waals surface area contributed by atoms with Gasteiger partial charge in [-0.15, -0.1) is 6.42 Å². The van der Waals surface area contributed by atoms with Crippen LogP contribution >= 0.6 is 0 Å². The van der Waals surface area contributed by atoms with Crippen molar-refractivity contribution >= 4 is 5.91 Å². The first-order chi connectivity index (χ1) is 8.72. The topological polar surface area (TPSA) is 73.6 Å². The molecule has 0 aliphatic carbocycles. The van der Waals surface area contributed by atoms with E-state index in [9.17, 15) is 4.79 Å². The Morgan fingerprint density at radius 2 is 2.33 bits per heavy atom. The van der Waals surface area contributed by atoms with E-state index in [-0.39, 0.29) is 19.1 Å². The first-order valence-electron chi connectivity index (χ1n) is 5.41. The minimum Gasteiger partial charge on any atom is -0.493 e. The third-order valence-electron chi connectivity index (χ3n) is 2.24. The molecule has 5 heteroatoms. The van der Waals surface area contributed by atoms with Gasteiger partial charge < -0.3 is 20.5 Å². The first-order valence-corrected chi connectivity index (χ1v) is 5.41. The SMILES string of the molecule is C#CCNC(=O)COc1c(CN)cccc1OC. The van der Waals surface area contributed by atoms with Gasteiger partial charge in [0.15, 0.2) is 18.1 Å². The Morgan fingerprint density at radius 3 is 2.94 bits per heavy atom. The third-order valence-corrected chi connectivity index (χ3v) is 2.24. The van der Waals surface area contributed by atoms with Crippen molar-refractivity contribution in [2.75, 3.05) is 20.3 Å². The van der Waals surface area contributed by atoms with Crippen molar-refractivity contribution in [2.24, 2.45) is 5.73 Å². The molecule has 5 nitrogen and oxygen atoms in total. The highest BCUT2D eigenvalue weighted by Gasteiger charge is 2.11. The number of hydrogen-bond acceptors (Lipinski definition) is 4. The van der Waals surface area contributed by atoms with E-state index in [1.807, 2.05) is 12.1 Å². The molecule has 0 atom stereocenters. The zero-order chi connectivity index (χ0) is 13.4. The second-order valence-corrected chi connectivity index (χ2v) is 3.42. The van der Waals surface area contributed by atoms with Gasteiger partial charge in [0.1, 0.15) is 0 Å². The van der Waals surface area contributed by atoms with Crippen LogP contribution in [0.3, 0.4) is 0 Å². The van der Waals surface area contributed by atoms with Crippen molar-refractivity contribution in [2.45, 2.75) is 6.54 Å². The maximum Gasteiger partial charge on any atom is 0.258 e. The van der Waals surface area contributed by atoms with E-state index in [0.717, 1.165) is 5.56 Å². The van der Waals surface area contributed by atoms with Crippen LogP contribution in [0.25, 0.3) is 0 Å². The van der Waals surface area contributed by atoms with Crippen molar-refractivity contribution in [3.05, 3.63) is 23.8 Å². The van der Waals surface area contributed by atoms with E-state index >= 15 is 0 Å². The van der Waals surface area contributed by atoms with Crippen molar-refractivity contribution in [1.29, 1.82) is 0 Å². The van der Waals surface area contributed by atoms with E-state index in [1.165, 1.54) is 7.11 Å². The summed E-state index contributed by atoms with van der Waals surface area (Å²) in [4.78, 5) is 11.4. The fraction of sp³-hybridized carbons (Fsp3) is 0.308. The van der Waals surface area contributed by atoms with Gasteiger partial charge in [-0.3, -0.25) is 4.79 Å². The summed E-state index contributed by atoms with van der Waals surface area (Å²) in [6.45, 7) is 0.353. The minimum absolute atomic E-state index is 0.130. The number of carbonyl (C=O) groups excluding carboxylic acids is 1. The molecule has 0 unspecified atom stereocenters. The van der Waals surface area contributed by atoms with Gasteiger partial charge in [0.2, 0.25) is 0 Å². The number of terminal acetylenes is 1. The molecule has 1 aromatic rings. The zero-order valence-corrected chi connectivity index (χ0v) is 10.2. The lowest BCUT2D eigenvalue weighted by Crippen LogP contribution is -2.29. The van der Waals surface area contributed by atoms with E-state index in [1.54, 1.807) is 6.07 Å². The number of hydrogen-bond donors (Lipinski definition) is 2. The Bertz CT molecular complexity index is 430. The third kappa shape index (κ3) is 3.68. The highest BCUT2D eigenvalue weighted by atomic mass is 16.5. The van der Waals surface area contributed by atoms with Crippen LogP contribution in [-0.2, 0) is 11.3 Å². The molecule has 0 fully saturated rings. The van der Waals surface area contributed by atoms with Crippen LogP contribution in [-0.4, -0.2) is 26.2 Å². The average Bonchev–Trinajstić information content (AvgIpc) is 2.42. The lowest BCUT2D eigenvalue weighted by Gasteiger charge is -2.13. The second kappa shape index (κ2) is 7.20. The molecule has 0 aromatic heterocycles. The predicted molar refractivity (Wildman–Crippen MR) is 68.2 cm³/mol. The summed E-state index contributed by atoms with van der Waals surface area (Å²) in [5, 5.41) is 2.51. The molecule has 1 rings (SSSR count). The molecule has 0 aliphatic rings. The molecular formula is C13H16N2O3. The van der Waals surface area contributed by atoms with Gasteiger partial charge in [-0.05, 0) is 6.07 Å². The van der Waals surface area contributed by atoms with Crippen LogP contribution in [0.15, 0.2) is 18.2 Å². The molecule has 0 bridgehead atoms. The molecule has 1 aromatic carbocycles. The lowest BCUT2D eigenvalue weighted by atomic mass is 10.2. The van der Waals surface area contributed by atoms with Gasteiger partial charge in [0.25, 0.3) is 5.91 Å². The number of benzene rings is 1. The van der Waals surface area contributed by atoms with Crippen LogP contribution in [0.1, 0.15) is 5.56 Å². The molecule has 0 radical (unpaired) electrons. The molecule has 0 spiro atoms. The molecule has 0 aliphatic heterocycles. The van der Waals surface area contributed by atoms with Gasteiger partial charge in [0.05, 0.1) is 13.7 Å². The Hall–Kier alpha value is -2.19. The standard InChI is InChI=1S/C13H16N2O3/c1-3-7-15-12(16)9-18-13-10(8-14)5-4-6-11(13)17-2/h1,4-6H,7-9,14H2,2H3,(H,15,16). The predicted octanol–water partition coefficient (Wildman–Crippen LogP) is 0.282. The molecule has 0 saturated heterocycles. The van der Waals surface area contributed by atoms with Gasteiger partial charge >= 0.3 is 0 Å². The van der Waals surface area contributed by atoms with Crippen LogP contribution < -0.4 is 20.5 Å². The second-order valence-electron chi connectivity index (χ2n) is 3.42. The van der Waals surface area contributed by atoms with Gasteiger partial charge in [-0.1, -0.05) is 18.1 Å². The fourth-order valence-corrected chi connectivity index (χ4v) is 1.38. The Morgan fingerprint density at radius 1 is 1.56 bits per heavy atom. The summed E-state index contributed by atoms with van der Waals surface area (Å²) < 4.78 is 10.6. The van der Waals surface area contributed by atoms with E-state index < -0.39 is 0 Å². The van der Waals surface area contributed by atoms with Crippen LogP contribution in [0.4, 0.5) is 0 Å². The maximum absolute atomic E-state index is 11.4. The number of nitrogens with two attached hydrogens (primary N) is 1. The number of rotatable bonds is 6. The summed E-state index contributed by atoms with van der Waals surface area (Å²) in [6.07, 6.45) is 5.03. The molecular weight excluding hydrogens is 232 g/mol. The molecule has 3 N–H and O–H groups in total. The van der Waals surface area contributed by atoms with Crippen LogP contribution in [0, 0.1) is 12.3 Å². The summed E-state index contributed by atoms with van der Waals surface area (Å²) in [6, 6.07) is 5.37. The van der Waals surface area contributed by atoms with Crippen molar-refractivity contribution in [1.82, 2.24) is 5.32 Å². The zero-order valence-electron chi connectivity index (χ0n) is 10.2. The van der Waals surface area contributed by atoms with E-state index in [2.05, 4.69) is 11.2 Å².